The van der Waals surface area contributed by atoms with Crippen LogP contribution in [0.2, 0.25) is 0 Å². The third kappa shape index (κ3) is 18.2. The molecule has 1 spiro atoms. The molecule has 3 unspecified atom stereocenters. The van der Waals surface area contributed by atoms with Crippen molar-refractivity contribution in [3.63, 3.8) is 0 Å². The normalized spacial score (nSPS) is 19.7. The van der Waals surface area contributed by atoms with Crippen LogP contribution in [-0.2, 0) is 66.4 Å². The zero-order valence-corrected chi connectivity index (χ0v) is 58.0. The van der Waals surface area contributed by atoms with E-state index in [1.54, 1.807) is 51.5 Å². The smallest absolute Gasteiger partial charge is 0.748 e. The largest absolute Gasteiger partial charge is 1.00 e. The van der Waals surface area contributed by atoms with Crippen molar-refractivity contribution in [1.29, 1.82) is 0 Å². The number of sulfonamides is 1. The molecule has 83 heavy (non-hydrogen) atoms. The Morgan fingerprint density at radius 3 is 2.02 bits per heavy atom. The van der Waals surface area contributed by atoms with E-state index in [1.165, 1.54) is 26.2 Å². The number of carboxylic acids is 1. The molecule has 5 heterocycles. The zero-order valence-electron chi connectivity index (χ0n) is 47.7. The van der Waals surface area contributed by atoms with E-state index in [9.17, 15) is 57.2 Å². The number of aromatic nitrogens is 1. The Labute approximate surface area is 576 Å². The standard InChI is InChI=1S/C55H64N6O15S5.2K/c1-39(81(72,73)74)28-31-58-37-42(18-16-40-20-24-44(25-21-40)59(77-76-75-6)29-11-33-79(66,67)68)35-46-51(58)56-49(54(46,2)3)14-10-15-50-55(4,5)47-36-43(38-61(52(47)57-50)32-9-8-13-48(61)53(62)63)19-17-41-22-26-45(27-23-41)60(78(7,64)65)30-12-34-80(69,70)71;;/h10,14-15,20-27,35-39,48H,8-9,11-13,28-34H2,1-7H3,(H2-2,62,63,66,67,68,69,70,71,72,73,74);;/q;2*+1/p-1. The number of nitrogens with zero attached hydrogens (tertiary/aromatic N) is 6. The number of benzene rings is 2. The molecule has 0 radical (unpaired) electrons. The Balaban J connectivity index is 0.00000631. The molecule has 4 aliphatic heterocycles. The van der Waals surface area contributed by atoms with Gasteiger partial charge in [0.25, 0.3) is 0 Å². The van der Waals surface area contributed by atoms with E-state index >= 15 is 0 Å². The summed E-state index contributed by atoms with van der Waals surface area (Å²) in [7, 11) is -16.0. The number of fused-ring (bicyclic) bond motifs is 3. The Kier molecular flexibility index (Phi) is 24.9. The second-order valence-electron chi connectivity index (χ2n) is 21.1. The number of aliphatic imine (C=N–C) groups is 2. The first-order valence-electron chi connectivity index (χ1n) is 25.7. The molecule has 1 saturated heterocycles. The molecule has 28 heteroatoms. The van der Waals surface area contributed by atoms with E-state index in [1.807, 2.05) is 64.3 Å². The predicted molar refractivity (Wildman–Crippen MR) is 305 cm³/mol. The number of aryl methyl sites for hydroxylation is 1. The molecule has 0 aliphatic carbocycles. The van der Waals surface area contributed by atoms with Gasteiger partial charge in [-0.25, -0.2) is 52.4 Å². The zero-order chi connectivity index (χ0) is 59.3. The maximum absolute atomic E-state index is 13.1. The third-order valence-corrected chi connectivity index (χ3v) is 19.2. The third-order valence-electron chi connectivity index (χ3n) is 14.5. The second kappa shape index (κ2) is 29.1. The number of aliphatic carboxylic acids is 1. The summed E-state index contributed by atoms with van der Waals surface area (Å²) in [6.07, 6.45) is 13.9. The number of anilines is 2. The average Bonchev–Trinajstić information content (AvgIpc) is 3.99. The number of amidine groups is 1. The second-order valence-corrected chi connectivity index (χ2v) is 28.5. The maximum Gasteiger partial charge on any atom is 1.00 e. The van der Waals surface area contributed by atoms with Gasteiger partial charge in [0.05, 0.1) is 95.6 Å². The maximum atomic E-state index is 13.1. The van der Waals surface area contributed by atoms with Crippen molar-refractivity contribution >= 4 is 87.3 Å². The fourth-order valence-corrected chi connectivity index (χ4v) is 12.8. The van der Waals surface area contributed by atoms with Gasteiger partial charge in [-0.05, 0) is 138 Å². The predicted octanol–water partition coefficient (Wildman–Crippen LogP) is -0.138. The molecule has 0 saturated carbocycles. The summed E-state index contributed by atoms with van der Waals surface area (Å²) >= 11 is 0.828. The minimum Gasteiger partial charge on any atom is -0.748 e. The van der Waals surface area contributed by atoms with Crippen molar-refractivity contribution in [2.24, 2.45) is 15.4 Å². The van der Waals surface area contributed by atoms with E-state index in [0.717, 1.165) is 40.3 Å². The number of carbonyl (C=O) groups is 1. The molecule has 1 aromatic heterocycles. The van der Waals surface area contributed by atoms with Crippen LogP contribution in [0, 0.1) is 29.1 Å². The van der Waals surface area contributed by atoms with Crippen molar-refractivity contribution in [2.75, 3.05) is 53.1 Å². The van der Waals surface area contributed by atoms with E-state index in [4.69, 9.17) is 19.2 Å². The Morgan fingerprint density at radius 2 is 1.45 bits per heavy atom. The summed E-state index contributed by atoms with van der Waals surface area (Å²) in [5.74, 6) is 11.7. The first kappa shape index (κ1) is 71.0. The molecular weight excluding hydrogens is 1220 g/mol. The number of carboxylic acid groups (broad SMARTS) is 1. The van der Waals surface area contributed by atoms with Crippen LogP contribution in [0.1, 0.15) is 95.4 Å². The van der Waals surface area contributed by atoms with Crippen molar-refractivity contribution in [1.82, 2.24) is 0 Å². The van der Waals surface area contributed by atoms with Crippen LogP contribution < -0.4 is 116 Å². The number of hydrogen-bond acceptors (Lipinski definition) is 18. The topological polar surface area (TPSA) is 297 Å². The van der Waals surface area contributed by atoms with Crippen molar-refractivity contribution < 1.29 is 178 Å². The van der Waals surface area contributed by atoms with Gasteiger partial charge in [0.15, 0.2) is 24.0 Å². The first-order valence-corrected chi connectivity index (χ1v) is 32.9. The SMILES string of the molecule is COOSN(CCCS(=O)(=O)[O-])c1ccc(C#Cc2cc3c([n+](CCC(C)S(=O)(=O)[O-])c2)N=C(/C=C/C=C2\N=C4C(=CC(C#Cc5ccc(N(CCCS(=O)(=O)[O-])S(C)(=O)=O)cc5)=C[N+]45CCCCC5C(=O)O)C2(C)C)C3(C)C)cc1.[K+].[K+]. The number of hydrogen-bond donors (Lipinski definition) is 1. The summed E-state index contributed by atoms with van der Waals surface area (Å²) in [5.41, 5.74) is 4.70. The van der Waals surface area contributed by atoms with Crippen LogP contribution in [0.15, 0.2) is 118 Å². The van der Waals surface area contributed by atoms with Crippen molar-refractivity contribution in [3.8, 4) is 23.7 Å². The fraction of sp³-hybridized carbons (Fsp3) is 0.418. The molecule has 3 atom stereocenters. The molecule has 1 fully saturated rings. The minimum atomic E-state index is -4.58. The number of pyridine rings is 1. The van der Waals surface area contributed by atoms with Gasteiger partial charge in [0, 0.05) is 65.2 Å². The van der Waals surface area contributed by atoms with Crippen molar-refractivity contribution in [2.45, 2.75) is 96.4 Å². The molecule has 4 aliphatic rings. The van der Waals surface area contributed by atoms with Crippen LogP contribution >= 0.6 is 12.2 Å². The summed E-state index contributed by atoms with van der Waals surface area (Å²) < 4.78 is 138. The molecule has 21 nitrogen and oxygen atoms in total. The summed E-state index contributed by atoms with van der Waals surface area (Å²) in [4.78, 5) is 28.1. The molecule has 0 amide bonds. The molecule has 0 bridgehead atoms. The van der Waals surface area contributed by atoms with Gasteiger partial charge in [-0.15, -0.1) is 4.33 Å². The van der Waals surface area contributed by atoms with E-state index in [2.05, 4.69) is 23.7 Å². The molecule has 7 rings (SSSR count). The molecule has 1 N–H and O–H groups in total. The van der Waals surface area contributed by atoms with Crippen LogP contribution in [0.25, 0.3) is 0 Å². The van der Waals surface area contributed by atoms with Crippen LogP contribution in [0.4, 0.5) is 17.2 Å². The van der Waals surface area contributed by atoms with Gasteiger partial charge in [-0.1, -0.05) is 29.8 Å². The van der Waals surface area contributed by atoms with Crippen LogP contribution in [0.5, 0.6) is 0 Å². The Hall–Kier alpha value is -2.74. The van der Waals surface area contributed by atoms with Gasteiger partial charge >= 0.3 is 115 Å². The minimum absolute atomic E-state index is 0. The summed E-state index contributed by atoms with van der Waals surface area (Å²) in [6.45, 7) is 9.94. The van der Waals surface area contributed by atoms with Gasteiger partial charge in [-0.3, -0.25) is 8.61 Å². The van der Waals surface area contributed by atoms with Gasteiger partial charge in [-0.2, -0.15) is 4.99 Å². The number of quaternary nitrogens is 1. The van der Waals surface area contributed by atoms with E-state index < -0.39 is 80.0 Å². The Morgan fingerprint density at radius 1 is 0.855 bits per heavy atom. The summed E-state index contributed by atoms with van der Waals surface area (Å²) in [6, 6.07) is 14.4. The first-order chi connectivity index (χ1) is 37.8. The average molecular weight is 1290 g/mol. The van der Waals surface area contributed by atoms with Crippen LogP contribution in [-0.4, -0.2) is 130 Å². The monoisotopic (exact) mass is 1290 g/mol. The molecule has 2 aromatic carbocycles. The number of allylic oxidation sites excluding steroid dienone is 6. The summed E-state index contributed by atoms with van der Waals surface area (Å²) in [5, 5.41) is 9.53. The fourth-order valence-electron chi connectivity index (χ4n) is 9.98. The molecule has 434 valence electrons. The number of piperidine rings is 1. The van der Waals surface area contributed by atoms with Crippen LogP contribution in [0.3, 0.4) is 0 Å². The molecule has 3 aromatic rings. The number of rotatable bonds is 21. The van der Waals surface area contributed by atoms with E-state index in [0.29, 0.717) is 70.4 Å². The molecular formula is C55H63K2N6O15S5+. The van der Waals surface area contributed by atoms with E-state index in [-0.39, 0.29) is 152 Å². The Bertz CT molecular complexity index is 3750. The van der Waals surface area contributed by atoms with Gasteiger partial charge in [0.1, 0.15) is 12.4 Å². The van der Waals surface area contributed by atoms with Gasteiger partial charge < -0.3 is 18.8 Å². The van der Waals surface area contributed by atoms with Crippen molar-refractivity contribution in [3.05, 3.63) is 130 Å². The quantitative estimate of drug-likeness (QED) is 0.0167. The van der Waals surface area contributed by atoms with Gasteiger partial charge in [0.2, 0.25) is 15.9 Å².